The van der Waals surface area contributed by atoms with Gasteiger partial charge in [0.25, 0.3) is 5.91 Å². The van der Waals surface area contributed by atoms with Crippen molar-refractivity contribution < 1.29 is 9.53 Å². The van der Waals surface area contributed by atoms with E-state index in [-0.39, 0.29) is 12.5 Å². The first-order valence-electron chi connectivity index (χ1n) is 7.39. The first kappa shape index (κ1) is 16.5. The summed E-state index contributed by atoms with van der Waals surface area (Å²) in [5, 5.41) is 3.84. The van der Waals surface area contributed by atoms with Crippen LogP contribution in [0, 0.1) is 13.8 Å². The van der Waals surface area contributed by atoms with Gasteiger partial charge in [0.2, 0.25) is 0 Å². The normalized spacial score (nSPS) is 11.0. The molecule has 0 aliphatic rings. The van der Waals surface area contributed by atoms with E-state index in [9.17, 15) is 4.79 Å². The fourth-order valence-corrected chi connectivity index (χ4v) is 1.86. The number of allylic oxidation sites excluding steroid dienone is 1. The number of carbonyl (C=O) groups is 1. The van der Waals surface area contributed by atoms with E-state index in [1.807, 2.05) is 68.5 Å². The van der Waals surface area contributed by atoms with Crippen LogP contribution in [-0.2, 0) is 4.79 Å². The summed E-state index contributed by atoms with van der Waals surface area (Å²) in [7, 11) is 0. The Labute approximate surface area is 136 Å². The van der Waals surface area contributed by atoms with Crippen LogP contribution < -0.4 is 10.2 Å². The van der Waals surface area contributed by atoms with Gasteiger partial charge in [-0.05, 0) is 48.7 Å². The maximum atomic E-state index is 11.6. The molecular weight excluding hydrogens is 288 g/mol. The molecule has 0 spiro atoms. The quantitative estimate of drug-likeness (QED) is 0.656. The monoisotopic (exact) mass is 308 g/mol. The van der Waals surface area contributed by atoms with Gasteiger partial charge in [0.1, 0.15) is 5.75 Å². The minimum Gasteiger partial charge on any atom is -0.484 e. The van der Waals surface area contributed by atoms with Gasteiger partial charge >= 0.3 is 0 Å². The molecule has 2 aromatic carbocycles. The third kappa shape index (κ3) is 5.79. The van der Waals surface area contributed by atoms with E-state index in [1.54, 1.807) is 6.08 Å². The highest BCUT2D eigenvalue weighted by Crippen LogP contribution is 2.16. The van der Waals surface area contributed by atoms with Crippen LogP contribution >= 0.6 is 0 Å². The third-order valence-electron chi connectivity index (χ3n) is 3.29. The summed E-state index contributed by atoms with van der Waals surface area (Å²) in [4.78, 5) is 11.6. The highest BCUT2D eigenvalue weighted by molar-refractivity contribution is 5.81. The lowest BCUT2D eigenvalue weighted by molar-refractivity contribution is -0.123. The Morgan fingerprint density at radius 2 is 1.91 bits per heavy atom. The number of aryl methyl sites for hydroxylation is 2. The van der Waals surface area contributed by atoms with Crippen LogP contribution in [0.15, 0.2) is 59.7 Å². The second-order valence-electron chi connectivity index (χ2n) is 5.12. The van der Waals surface area contributed by atoms with Gasteiger partial charge in [-0.2, -0.15) is 5.10 Å². The van der Waals surface area contributed by atoms with Crippen molar-refractivity contribution in [3.8, 4) is 5.75 Å². The zero-order valence-corrected chi connectivity index (χ0v) is 13.3. The fraction of sp³-hybridized carbons (Fsp3) is 0.158. The van der Waals surface area contributed by atoms with E-state index in [0.29, 0.717) is 5.75 Å². The van der Waals surface area contributed by atoms with Gasteiger partial charge in [-0.15, -0.1) is 0 Å². The van der Waals surface area contributed by atoms with Crippen molar-refractivity contribution in [2.45, 2.75) is 13.8 Å². The Kier molecular flexibility index (Phi) is 6.12. The highest BCUT2D eigenvalue weighted by atomic mass is 16.5. The first-order valence-corrected chi connectivity index (χ1v) is 7.39. The second kappa shape index (κ2) is 8.54. The molecule has 2 rings (SSSR count). The van der Waals surface area contributed by atoms with Crippen LogP contribution in [0.2, 0.25) is 0 Å². The Bertz CT molecular complexity index is 707. The molecule has 0 heterocycles. The topological polar surface area (TPSA) is 50.7 Å². The molecule has 0 aliphatic carbocycles. The van der Waals surface area contributed by atoms with Gasteiger partial charge < -0.3 is 4.74 Å². The zero-order valence-electron chi connectivity index (χ0n) is 13.3. The molecule has 0 aliphatic heterocycles. The summed E-state index contributed by atoms with van der Waals surface area (Å²) in [6.45, 7) is 3.97. The lowest BCUT2D eigenvalue weighted by Crippen LogP contribution is -2.24. The molecule has 0 radical (unpaired) electrons. The molecule has 1 amide bonds. The van der Waals surface area contributed by atoms with Crippen LogP contribution in [0.4, 0.5) is 0 Å². The minimum absolute atomic E-state index is 0.0672. The summed E-state index contributed by atoms with van der Waals surface area (Å²) >= 11 is 0. The van der Waals surface area contributed by atoms with Crippen LogP contribution in [0.5, 0.6) is 5.75 Å². The minimum atomic E-state index is -0.299. The van der Waals surface area contributed by atoms with E-state index in [2.05, 4.69) is 10.5 Å². The number of hydrogen-bond donors (Lipinski definition) is 1. The maximum Gasteiger partial charge on any atom is 0.277 e. The molecule has 4 heteroatoms. The number of hydrazone groups is 1. The molecule has 118 valence electrons. The summed E-state index contributed by atoms with van der Waals surface area (Å²) in [6.07, 6.45) is 5.20. The number of ether oxygens (including phenoxy) is 1. The van der Waals surface area contributed by atoms with Crippen LogP contribution in [0.25, 0.3) is 6.08 Å². The zero-order chi connectivity index (χ0) is 16.5. The molecule has 23 heavy (non-hydrogen) atoms. The van der Waals surface area contributed by atoms with Crippen molar-refractivity contribution in [2.75, 3.05) is 6.61 Å². The molecule has 0 bridgehead atoms. The lowest BCUT2D eigenvalue weighted by atomic mass is 10.1. The Balaban J connectivity index is 1.73. The van der Waals surface area contributed by atoms with Crippen molar-refractivity contribution >= 4 is 18.2 Å². The summed E-state index contributed by atoms with van der Waals surface area (Å²) < 4.78 is 5.43. The van der Waals surface area contributed by atoms with E-state index < -0.39 is 0 Å². The van der Waals surface area contributed by atoms with E-state index >= 15 is 0 Å². The lowest BCUT2D eigenvalue weighted by Gasteiger charge is -2.07. The molecule has 4 nitrogen and oxygen atoms in total. The van der Waals surface area contributed by atoms with Gasteiger partial charge in [0.05, 0.1) is 0 Å². The molecular formula is C19H20N2O2. The number of nitrogens with one attached hydrogen (secondary N) is 1. The van der Waals surface area contributed by atoms with Gasteiger partial charge in [-0.3, -0.25) is 4.79 Å². The number of nitrogens with zero attached hydrogens (tertiary/aromatic N) is 1. The predicted octanol–water partition coefficient (Wildman–Crippen LogP) is 3.50. The maximum absolute atomic E-state index is 11.6. The largest absolute Gasteiger partial charge is 0.484 e. The summed E-state index contributed by atoms with van der Waals surface area (Å²) in [5.74, 6) is 0.379. The molecule has 2 aromatic rings. The average molecular weight is 308 g/mol. The van der Waals surface area contributed by atoms with Gasteiger partial charge in [-0.1, -0.05) is 42.5 Å². The molecule has 0 unspecified atom stereocenters. The number of amides is 1. The number of rotatable bonds is 6. The van der Waals surface area contributed by atoms with Gasteiger partial charge in [0, 0.05) is 6.21 Å². The smallest absolute Gasteiger partial charge is 0.277 e. The predicted molar refractivity (Wildman–Crippen MR) is 93.5 cm³/mol. The van der Waals surface area contributed by atoms with Crippen molar-refractivity contribution in [1.82, 2.24) is 5.43 Å². The molecule has 0 aromatic heterocycles. The first-order chi connectivity index (χ1) is 11.1. The van der Waals surface area contributed by atoms with Crippen LogP contribution in [0.1, 0.15) is 16.7 Å². The van der Waals surface area contributed by atoms with Crippen molar-refractivity contribution in [3.05, 3.63) is 71.3 Å². The van der Waals surface area contributed by atoms with Crippen LogP contribution in [-0.4, -0.2) is 18.7 Å². The van der Waals surface area contributed by atoms with Gasteiger partial charge in [0.15, 0.2) is 6.61 Å². The van der Waals surface area contributed by atoms with E-state index in [4.69, 9.17) is 4.74 Å². The number of benzene rings is 2. The third-order valence-corrected chi connectivity index (χ3v) is 3.29. The number of carbonyl (C=O) groups excluding carboxylic acids is 1. The van der Waals surface area contributed by atoms with Crippen molar-refractivity contribution in [2.24, 2.45) is 5.10 Å². The SMILES string of the molecule is Cc1ccc(OCC(=O)N/N=C/C=C/c2ccccc2)cc1C. The van der Waals surface area contributed by atoms with Gasteiger partial charge in [-0.25, -0.2) is 5.43 Å². The fourth-order valence-electron chi connectivity index (χ4n) is 1.86. The molecule has 1 N–H and O–H groups in total. The molecule has 0 saturated heterocycles. The summed E-state index contributed by atoms with van der Waals surface area (Å²) in [5.41, 5.74) is 5.81. The standard InChI is InChI=1S/C19H20N2O2/c1-15-10-11-18(13-16(15)2)23-14-19(22)21-20-12-6-9-17-7-4-3-5-8-17/h3-13H,14H2,1-2H3,(H,21,22)/b9-6+,20-12+. The molecule has 0 atom stereocenters. The Hall–Kier alpha value is -2.88. The van der Waals surface area contributed by atoms with E-state index in [1.165, 1.54) is 11.8 Å². The van der Waals surface area contributed by atoms with Crippen LogP contribution in [0.3, 0.4) is 0 Å². The van der Waals surface area contributed by atoms with E-state index in [0.717, 1.165) is 11.1 Å². The molecule has 0 fully saturated rings. The Morgan fingerprint density at radius 3 is 2.65 bits per heavy atom. The van der Waals surface area contributed by atoms with Crippen molar-refractivity contribution in [1.29, 1.82) is 0 Å². The average Bonchev–Trinajstić information content (AvgIpc) is 2.56. The summed E-state index contributed by atoms with van der Waals surface area (Å²) in [6, 6.07) is 15.6. The highest BCUT2D eigenvalue weighted by Gasteiger charge is 2.02. The van der Waals surface area contributed by atoms with Crippen molar-refractivity contribution in [3.63, 3.8) is 0 Å². The number of hydrogen-bond acceptors (Lipinski definition) is 3. The molecule has 0 saturated carbocycles. The second-order valence-corrected chi connectivity index (χ2v) is 5.12. The Morgan fingerprint density at radius 1 is 1.13 bits per heavy atom.